The molecule has 0 radical (unpaired) electrons. The topological polar surface area (TPSA) is 231 Å². The molecule has 2 fully saturated rings. The van der Waals surface area contributed by atoms with Crippen molar-refractivity contribution in [1.82, 2.24) is 0 Å². The van der Waals surface area contributed by atoms with Crippen molar-refractivity contribution in [3.8, 4) is 0 Å². The Kier molecular flexibility index (Phi) is 27.4. The summed E-state index contributed by atoms with van der Waals surface area (Å²) in [6.45, 7) is 2.34. The summed E-state index contributed by atoms with van der Waals surface area (Å²) in [5, 5.41) is 71.6. The Hall–Kier alpha value is -2.28. The first-order chi connectivity index (χ1) is 27.5. The van der Waals surface area contributed by atoms with Gasteiger partial charge in [-0.2, -0.15) is 0 Å². The Morgan fingerprint density at radius 1 is 0.579 bits per heavy atom. The van der Waals surface area contributed by atoms with Crippen molar-refractivity contribution in [2.24, 2.45) is 0 Å². The van der Waals surface area contributed by atoms with Gasteiger partial charge in [0, 0.05) is 12.8 Å². The Morgan fingerprint density at radius 2 is 1.11 bits per heavy atom. The quantitative estimate of drug-likeness (QED) is 0.0313. The molecule has 2 rings (SSSR count). The van der Waals surface area contributed by atoms with Crippen LogP contribution in [0.3, 0.4) is 0 Å². The van der Waals surface area contributed by atoms with Crippen LogP contribution in [0.5, 0.6) is 0 Å². The molecule has 2 aliphatic rings. The van der Waals surface area contributed by atoms with E-state index in [2.05, 4.69) is 50.3 Å². The van der Waals surface area contributed by atoms with E-state index in [1.807, 2.05) is 0 Å². The van der Waals surface area contributed by atoms with Gasteiger partial charge in [-0.15, -0.1) is 0 Å². The molecule has 330 valence electrons. The third kappa shape index (κ3) is 20.5. The minimum atomic E-state index is -1.76. The molecule has 7 N–H and O–H groups in total. The number of unbranched alkanes of at least 4 members (excludes halogenated alkanes) is 10. The van der Waals surface area contributed by atoms with Gasteiger partial charge in [-0.1, -0.05) is 102 Å². The fourth-order valence-electron chi connectivity index (χ4n) is 6.35. The van der Waals surface area contributed by atoms with Crippen LogP contribution < -0.4 is 0 Å². The number of carbonyl (C=O) groups excluding carboxylic acids is 2. The maximum Gasteiger partial charge on any atom is 0.306 e. The van der Waals surface area contributed by atoms with E-state index in [0.29, 0.717) is 12.8 Å². The van der Waals surface area contributed by atoms with Gasteiger partial charge in [0.1, 0.15) is 55.4 Å². The van der Waals surface area contributed by atoms with Gasteiger partial charge in [0.15, 0.2) is 18.7 Å². The standard InChI is InChI=1S/C42H72O15/c1-3-5-7-9-11-12-13-14-15-16-17-18-19-21-23-25-34(45)55-30(27-52-33(44)24-22-20-10-8-6-4-2)28-53-41-40(51)38(49)36(47)32(57-41)29-54-42-39(50)37(48)35(46)31(26-43)56-42/h5,7,11-12,14-15,30-32,35-43,46-51H,3-4,6,8-10,13,16-29H2,1-2H3/b7-5-,12-11-,15-14-. The number of allylic oxidation sites excluding steroid dienone is 6. The van der Waals surface area contributed by atoms with Crippen LogP contribution >= 0.6 is 0 Å². The number of carbonyl (C=O) groups is 2. The lowest BCUT2D eigenvalue weighted by Gasteiger charge is -2.42. The van der Waals surface area contributed by atoms with Gasteiger partial charge in [0.2, 0.25) is 0 Å². The Balaban J connectivity index is 1.86. The van der Waals surface area contributed by atoms with Gasteiger partial charge >= 0.3 is 11.9 Å². The smallest absolute Gasteiger partial charge is 0.306 e. The predicted molar refractivity (Wildman–Crippen MR) is 210 cm³/mol. The van der Waals surface area contributed by atoms with E-state index >= 15 is 0 Å². The van der Waals surface area contributed by atoms with E-state index in [9.17, 15) is 45.3 Å². The van der Waals surface area contributed by atoms with Crippen LogP contribution in [0, 0.1) is 0 Å². The largest absolute Gasteiger partial charge is 0.462 e. The van der Waals surface area contributed by atoms with Gasteiger partial charge < -0.3 is 64.2 Å². The van der Waals surface area contributed by atoms with Crippen molar-refractivity contribution in [2.75, 3.05) is 26.4 Å². The average Bonchev–Trinajstić information content (AvgIpc) is 3.20. The molecule has 0 spiro atoms. The van der Waals surface area contributed by atoms with E-state index in [4.69, 9.17) is 28.4 Å². The predicted octanol–water partition coefficient (Wildman–Crippen LogP) is 3.42. The molecule has 0 aromatic carbocycles. The summed E-state index contributed by atoms with van der Waals surface area (Å²) in [6.07, 6.45) is 10.9. The fraction of sp³-hybridized carbons (Fsp3) is 0.810. The average molecular weight is 817 g/mol. The maximum absolute atomic E-state index is 12.9. The fourth-order valence-corrected chi connectivity index (χ4v) is 6.35. The van der Waals surface area contributed by atoms with Crippen LogP contribution in [0.2, 0.25) is 0 Å². The van der Waals surface area contributed by atoms with E-state index < -0.39 is 92.7 Å². The molecular weight excluding hydrogens is 744 g/mol. The molecule has 0 bridgehead atoms. The first-order valence-corrected chi connectivity index (χ1v) is 21.1. The lowest BCUT2D eigenvalue weighted by molar-refractivity contribution is -0.332. The van der Waals surface area contributed by atoms with Gasteiger partial charge in [-0.3, -0.25) is 9.59 Å². The highest BCUT2D eigenvalue weighted by Gasteiger charge is 2.47. The summed E-state index contributed by atoms with van der Waals surface area (Å²) < 4.78 is 33.2. The third-order valence-corrected chi connectivity index (χ3v) is 9.88. The number of ether oxygens (including phenoxy) is 6. The highest BCUT2D eigenvalue weighted by molar-refractivity contribution is 5.70. The highest BCUT2D eigenvalue weighted by Crippen LogP contribution is 2.26. The summed E-state index contributed by atoms with van der Waals surface area (Å²) in [5.74, 6) is -0.960. The van der Waals surface area contributed by atoms with Gasteiger partial charge in [-0.25, -0.2) is 0 Å². The second kappa shape index (κ2) is 30.7. The van der Waals surface area contributed by atoms with Crippen LogP contribution in [0.25, 0.3) is 0 Å². The van der Waals surface area contributed by atoms with Crippen LogP contribution in [0.15, 0.2) is 36.5 Å². The van der Waals surface area contributed by atoms with Crippen molar-refractivity contribution in [3.63, 3.8) is 0 Å². The molecule has 57 heavy (non-hydrogen) atoms. The lowest BCUT2D eigenvalue weighted by atomic mass is 9.98. The Labute approximate surface area is 338 Å². The molecule has 2 saturated heterocycles. The SMILES string of the molecule is CC/C=C\C/C=C\C/C=C\CCCCCCCC(=O)OC(COC(=O)CCCCCCCC)COC1OC(COC2OC(CO)C(O)C(O)C2O)C(O)C(O)C1O. The number of rotatable bonds is 30. The minimum Gasteiger partial charge on any atom is -0.462 e. The highest BCUT2D eigenvalue weighted by atomic mass is 16.7. The van der Waals surface area contributed by atoms with E-state index in [0.717, 1.165) is 83.5 Å². The summed E-state index contributed by atoms with van der Waals surface area (Å²) in [7, 11) is 0. The molecule has 15 heteroatoms. The molecule has 0 aromatic heterocycles. The number of hydrogen-bond donors (Lipinski definition) is 7. The first kappa shape index (κ1) is 50.9. The number of aliphatic hydroxyl groups is 7. The molecule has 0 aromatic rings. The van der Waals surface area contributed by atoms with Crippen molar-refractivity contribution < 1.29 is 73.8 Å². The molecular formula is C42H72O15. The van der Waals surface area contributed by atoms with Crippen LogP contribution in [-0.2, 0) is 38.0 Å². The maximum atomic E-state index is 12.9. The normalized spacial score (nSPS) is 28.7. The summed E-state index contributed by atoms with van der Waals surface area (Å²) in [4.78, 5) is 25.4. The number of esters is 2. The van der Waals surface area contributed by atoms with Crippen LogP contribution in [0.4, 0.5) is 0 Å². The molecule has 2 aliphatic heterocycles. The number of aliphatic hydroxyl groups excluding tert-OH is 7. The zero-order valence-corrected chi connectivity index (χ0v) is 34.1. The second-order valence-corrected chi connectivity index (χ2v) is 14.8. The Morgan fingerprint density at radius 3 is 1.74 bits per heavy atom. The molecule has 0 aliphatic carbocycles. The van der Waals surface area contributed by atoms with Gasteiger partial charge in [0.05, 0.1) is 19.8 Å². The van der Waals surface area contributed by atoms with Crippen LogP contribution in [0.1, 0.15) is 123 Å². The van der Waals surface area contributed by atoms with Crippen molar-refractivity contribution >= 4 is 11.9 Å². The minimum absolute atomic E-state index is 0.146. The van der Waals surface area contributed by atoms with Crippen molar-refractivity contribution in [1.29, 1.82) is 0 Å². The van der Waals surface area contributed by atoms with Gasteiger partial charge in [-0.05, 0) is 44.9 Å². The molecule has 15 nitrogen and oxygen atoms in total. The van der Waals surface area contributed by atoms with Crippen molar-refractivity contribution in [2.45, 2.75) is 191 Å². The van der Waals surface area contributed by atoms with Crippen molar-refractivity contribution in [3.05, 3.63) is 36.5 Å². The zero-order valence-electron chi connectivity index (χ0n) is 34.1. The summed E-state index contributed by atoms with van der Waals surface area (Å²) in [6, 6.07) is 0. The molecule has 11 atom stereocenters. The molecule has 0 amide bonds. The molecule has 11 unspecified atom stereocenters. The van der Waals surface area contributed by atoms with Gasteiger partial charge in [0.25, 0.3) is 0 Å². The first-order valence-electron chi connectivity index (χ1n) is 21.1. The van der Waals surface area contributed by atoms with E-state index in [-0.39, 0.29) is 26.1 Å². The number of hydrogen-bond acceptors (Lipinski definition) is 15. The second-order valence-electron chi connectivity index (χ2n) is 14.8. The van der Waals surface area contributed by atoms with E-state index in [1.165, 1.54) is 0 Å². The molecule has 0 saturated carbocycles. The third-order valence-electron chi connectivity index (χ3n) is 9.88. The van der Waals surface area contributed by atoms with E-state index in [1.54, 1.807) is 0 Å². The monoisotopic (exact) mass is 816 g/mol. The summed E-state index contributed by atoms with van der Waals surface area (Å²) in [5.41, 5.74) is 0. The Bertz CT molecular complexity index is 1150. The summed E-state index contributed by atoms with van der Waals surface area (Å²) >= 11 is 0. The molecule has 2 heterocycles. The zero-order chi connectivity index (χ0) is 41.8. The lowest BCUT2D eigenvalue weighted by Crippen LogP contribution is -2.61. The van der Waals surface area contributed by atoms with Crippen LogP contribution in [-0.4, -0.2) is 142 Å².